The Hall–Kier alpha value is -0.103. The third-order valence-electron chi connectivity index (χ3n) is 3.40. The quantitative estimate of drug-likeness (QED) is 0.422. The first kappa shape index (κ1) is 16.9. The third kappa shape index (κ3) is 5.06. The zero-order valence-corrected chi connectivity index (χ0v) is 15.4. The summed E-state index contributed by atoms with van der Waals surface area (Å²) < 4.78 is 12.5. The van der Waals surface area contributed by atoms with E-state index in [4.69, 9.17) is 20.8 Å². The molecule has 0 fully saturated rings. The fourth-order valence-electron chi connectivity index (χ4n) is 1.17. The maximum Gasteiger partial charge on any atom is 0.192 e. The predicted molar refractivity (Wildman–Crippen MR) is 85.6 cm³/mol. The second kappa shape index (κ2) is 6.57. The Bertz CT molecular complexity index is 435. The Morgan fingerprint density at radius 1 is 1.32 bits per heavy atom. The summed E-state index contributed by atoms with van der Waals surface area (Å²) in [6, 6.07) is 1.69. The molecule has 0 aliphatic carbocycles. The average Bonchev–Trinajstić information content (AvgIpc) is 2.27. The van der Waals surface area contributed by atoms with Gasteiger partial charge in [-0.25, -0.2) is 4.98 Å². The van der Waals surface area contributed by atoms with E-state index >= 15 is 0 Å². The maximum atomic E-state index is 6.04. The molecule has 1 aromatic heterocycles. The highest BCUT2D eigenvalue weighted by Crippen LogP contribution is 2.36. The molecule has 1 aromatic rings. The minimum Gasteiger partial charge on any atom is -0.490 e. The smallest absolute Gasteiger partial charge is 0.192 e. The standard InChI is InChI=1S/C13H21BrClNO2Si/c1-13(2,3)19(4,5)18-7-6-17-11-8-12(15)16-9-10(11)14/h8-9H,6-7H2,1-5H3. The highest BCUT2D eigenvalue weighted by Gasteiger charge is 2.36. The third-order valence-corrected chi connectivity index (χ3v) is 8.74. The van der Waals surface area contributed by atoms with Gasteiger partial charge in [-0.3, -0.25) is 0 Å². The summed E-state index contributed by atoms with van der Waals surface area (Å²) in [4.78, 5) is 3.95. The van der Waals surface area contributed by atoms with Crippen molar-refractivity contribution in [2.45, 2.75) is 38.9 Å². The molecule has 0 saturated carbocycles. The lowest BCUT2D eigenvalue weighted by molar-refractivity contribution is 0.202. The molecule has 6 heteroatoms. The largest absolute Gasteiger partial charge is 0.490 e. The van der Waals surface area contributed by atoms with Crippen LogP contribution in [0.2, 0.25) is 23.3 Å². The fourth-order valence-corrected chi connectivity index (χ4v) is 2.68. The van der Waals surface area contributed by atoms with Crippen LogP contribution in [0.5, 0.6) is 5.75 Å². The van der Waals surface area contributed by atoms with Crippen LogP contribution in [-0.4, -0.2) is 26.5 Å². The van der Waals surface area contributed by atoms with E-state index in [0.29, 0.717) is 24.1 Å². The number of aromatic nitrogens is 1. The second-order valence-corrected chi connectivity index (χ2v) is 11.9. The van der Waals surface area contributed by atoms with E-state index in [1.807, 2.05) is 0 Å². The molecule has 0 bridgehead atoms. The minimum atomic E-state index is -1.70. The zero-order chi connectivity index (χ0) is 14.7. The lowest BCUT2D eigenvalue weighted by Crippen LogP contribution is -2.41. The summed E-state index contributed by atoms with van der Waals surface area (Å²) in [7, 11) is -1.70. The van der Waals surface area contributed by atoms with Crippen LogP contribution in [0.1, 0.15) is 20.8 Å². The molecule has 0 spiro atoms. The summed E-state index contributed by atoms with van der Waals surface area (Å²) >= 11 is 9.20. The Balaban J connectivity index is 2.45. The molecule has 0 aromatic carbocycles. The van der Waals surface area contributed by atoms with Crippen molar-refractivity contribution >= 4 is 35.8 Å². The highest BCUT2D eigenvalue weighted by molar-refractivity contribution is 9.10. The number of halogens is 2. The van der Waals surface area contributed by atoms with Gasteiger partial charge < -0.3 is 9.16 Å². The van der Waals surface area contributed by atoms with E-state index in [1.54, 1.807) is 12.3 Å². The van der Waals surface area contributed by atoms with Gasteiger partial charge in [-0.15, -0.1) is 0 Å². The Morgan fingerprint density at radius 3 is 2.53 bits per heavy atom. The molecule has 0 unspecified atom stereocenters. The number of nitrogens with zero attached hydrogens (tertiary/aromatic N) is 1. The molecule has 1 heterocycles. The maximum absolute atomic E-state index is 6.04. The van der Waals surface area contributed by atoms with E-state index in [9.17, 15) is 0 Å². The number of rotatable bonds is 5. The van der Waals surface area contributed by atoms with Crippen LogP contribution < -0.4 is 4.74 Å². The van der Waals surface area contributed by atoms with Crippen molar-refractivity contribution in [2.24, 2.45) is 0 Å². The van der Waals surface area contributed by atoms with Gasteiger partial charge in [0.15, 0.2) is 8.32 Å². The van der Waals surface area contributed by atoms with Gasteiger partial charge in [0.25, 0.3) is 0 Å². The van der Waals surface area contributed by atoms with Gasteiger partial charge in [0.1, 0.15) is 17.5 Å². The molecule has 0 radical (unpaired) electrons. The molecule has 0 N–H and O–H groups in total. The molecule has 108 valence electrons. The van der Waals surface area contributed by atoms with Gasteiger partial charge in [0.05, 0.1) is 11.1 Å². The zero-order valence-electron chi connectivity index (χ0n) is 12.1. The van der Waals surface area contributed by atoms with E-state index in [0.717, 1.165) is 4.47 Å². The summed E-state index contributed by atoms with van der Waals surface area (Å²) in [5.41, 5.74) is 0. The van der Waals surface area contributed by atoms with Gasteiger partial charge in [0, 0.05) is 12.3 Å². The first-order chi connectivity index (χ1) is 8.63. The van der Waals surface area contributed by atoms with Crippen molar-refractivity contribution in [1.29, 1.82) is 0 Å². The summed E-state index contributed by atoms with van der Waals surface area (Å²) in [6.07, 6.45) is 1.63. The van der Waals surface area contributed by atoms with Crippen molar-refractivity contribution in [2.75, 3.05) is 13.2 Å². The van der Waals surface area contributed by atoms with E-state index in [2.05, 4.69) is 54.8 Å². The number of hydrogen-bond acceptors (Lipinski definition) is 3. The minimum absolute atomic E-state index is 0.216. The van der Waals surface area contributed by atoms with Crippen LogP contribution in [0.3, 0.4) is 0 Å². The van der Waals surface area contributed by atoms with Gasteiger partial charge in [0.2, 0.25) is 0 Å². The topological polar surface area (TPSA) is 31.4 Å². The first-order valence-corrected chi connectivity index (χ1v) is 10.3. The fraction of sp³-hybridized carbons (Fsp3) is 0.615. The predicted octanol–water partition coefficient (Wildman–Crippen LogP) is 4.90. The van der Waals surface area contributed by atoms with Crippen molar-refractivity contribution < 1.29 is 9.16 Å². The van der Waals surface area contributed by atoms with Crippen molar-refractivity contribution in [3.63, 3.8) is 0 Å². The Kier molecular flexibility index (Phi) is 5.86. The molecule has 0 saturated heterocycles. The van der Waals surface area contributed by atoms with Crippen molar-refractivity contribution in [3.8, 4) is 5.75 Å². The number of hydrogen-bond donors (Lipinski definition) is 0. The van der Waals surface area contributed by atoms with Crippen LogP contribution in [0, 0.1) is 0 Å². The summed E-state index contributed by atoms with van der Waals surface area (Å²) in [5, 5.41) is 0.636. The molecule has 1 rings (SSSR count). The van der Waals surface area contributed by atoms with Crippen molar-refractivity contribution in [3.05, 3.63) is 21.9 Å². The van der Waals surface area contributed by atoms with Gasteiger partial charge >= 0.3 is 0 Å². The highest BCUT2D eigenvalue weighted by atomic mass is 79.9. The van der Waals surface area contributed by atoms with E-state index < -0.39 is 8.32 Å². The van der Waals surface area contributed by atoms with Crippen LogP contribution in [0.4, 0.5) is 0 Å². The average molecular weight is 367 g/mol. The number of ether oxygens (including phenoxy) is 1. The van der Waals surface area contributed by atoms with Crippen LogP contribution >= 0.6 is 27.5 Å². The van der Waals surface area contributed by atoms with E-state index in [-0.39, 0.29) is 5.04 Å². The normalized spacial score (nSPS) is 12.6. The lowest BCUT2D eigenvalue weighted by atomic mass is 10.2. The van der Waals surface area contributed by atoms with Gasteiger partial charge in [-0.05, 0) is 34.1 Å². The monoisotopic (exact) mass is 365 g/mol. The molecule has 0 aliphatic rings. The Labute approximate surface area is 129 Å². The van der Waals surface area contributed by atoms with Crippen LogP contribution in [0.25, 0.3) is 0 Å². The first-order valence-electron chi connectivity index (χ1n) is 6.21. The number of pyridine rings is 1. The molecule has 0 atom stereocenters. The summed E-state index contributed by atoms with van der Waals surface area (Å²) in [6.45, 7) is 12.2. The molecular formula is C13H21BrClNO2Si. The molecule has 0 aliphatic heterocycles. The van der Waals surface area contributed by atoms with Gasteiger partial charge in [-0.1, -0.05) is 32.4 Å². The van der Waals surface area contributed by atoms with Crippen LogP contribution in [0.15, 0.2) is 16.7 Å². The van der Waals surface area contributed by atoms with Crippen molar-refractivity contribution in [1.82, 2.24) is 4.98 Å². The Morgan fingerprint density at radius 2 is 1.95 bits per heavy atom. The lowest BCUT2D eigenvalue weighted by Gasteiger charge is -2.36. The van der Waals surface area contributed by atoms with Crippen LogP contribution in [-0.2, 0) is 4.43 Å². The van der Waals surface area contributed by atoms with Gasteiger partial charge in [-0.2, -0.15) is 0 Å². The summed E-state index contributed by atoms with van der Waals surface area (Å²) in [5.74, 6) is 0.693. The van der Waals surface area contributed by atoms with E-state index in [1.165, 1.54) is 0 Å². The SMILES string of the molecule is CC(C)(C)[Si](C)(C)OCCOc1cc(Cl)ncc1Br. The molecular weight excluding hydrogens is 346 g/mol. The molecule has 19 heavy (non-hydrogen) atoms. The second-order valence-electron chi connectivity index (χ2n) is 5.89. The molecule has 0 amide bonds. The molecule has 3 nitrogen and oxygen atoms in total.